The van der Waals surface area contributed by atoms with Crippen LogP contribution in [0.4, 0.5) is 5.69 Å². The van der Waals surface area contributed by atoms with Gasteiger partial charge in [-0.05, 0) is 48.5 Å². The Morgan fingerprint density at radius 3 is 1.89 bits per heavy atom. The van der Waals surface area contributed by atoms with Gasteiger partial charge in [0.25, 0.3) is 5.91 Å². The molecule has 3 rings (SSSR count). The van der Waals surface area contributed by atoms with Gasteiger partial charge < -0.3 is 19.9 Å². The molecule has 0 aliphatic carbocycles. The average molecular weight is 363 g/mol. The number of hydrogen-bond acceptors (Lipinski definition) is 4. The molecular formula is C22H21NO4. The minimum absolute atomic E-state index is 0.114. The first kappa shape index (κ1) is 18.5. The molecular weight excluding hydrogens is 342 g/mol. The lowest BCUT2D eigenvalue weighted by atomic mass is 10.2. The summed E-state index contributed by atoms with van der Waals surface area (Å²) in [5.74, 6) is 1.14. The van der Waals surface area contributed by atoms with E-state index in [4.69, 9.17) is 9.47 Å². The van der Waals surface area contributed by atoms with Gasteiger partial charge in [-0.15, -0.1) is 0 Å². The SMILES string of the molecule is O=C(Nc1ccc(OC[C@H](O)COc2ccccc2)cc1)c1ccccc1. The second-order valence-corrected chi connectivity index (χ2v) is 5.93. The van der Waals surface area contributed by atoms with Crippen LogP contribution in [0.25, 0.3) is 0 Å². The molecule has 0 saturated carbocycles. The Hall–Kier alpha value is -3.31. The molecule has 0 bridgehead atoms. The Morgan fingerprint density at radius 2 is 1.30 bits per heavy atom. The summed E-state index contributed by atoms with van der Waals surface area (Å²) in [6.45, 7) is 0.262. The van der Waals surface area contributed by atoms with Gasteiger partial charge in [-0.1, -0.05) is 36.4 Å². The van der Waals surface area contributed by atoms with Crippen molar-refractivity contribution in [3.63, 3.8) is 0 Å². The largest absolute Gasteiger partial charge is 0.491 e. The number of amides is 1. The third-order valence-electron chi connectivity index (χ3n) is 3.78. The molecule has 5 heteroatoms. The summed E-state index contributed by atoms with van der Waals surface area (Å²) in [6, 6.07) is 25.3. The lowest BCUT2D eigenvalue weighted by molar-refractivity contribution is 0.0626. The normalized spacial score (nSPS) is 11.4. The van der Waals surface area contributed by atoms with Crippen LogP contribution in [0.2, 0.25) is 0 Å². The number of hydrogen-bond donors (Lipinski definition) is 2. The molecule has 0 spiro atoms. The number of ether oxygens (including phenoxy) is 2. The molecule has 1 amide bonds. The predicted octanol–water partition coefficient (Wildman–Crippen LogP) is 3.76. The first-order valence-electron chi connectivity index (χ1n) is 8.66. The maximum absolute atomic E-state index is 12.1. The van der Waals surface area contributed by atoms with Gasteiger partial charge in [-0.2, -0.15) is 0 Å². The summed E-state index contributed by atoms with van der Waals surface area (Å²) in [5.41, 5.74) is 1.27. The van der Waals surface area contributed by atoms with Crippen LogP contribution in [0.5, 0.6) is 11.5 Å². The molecule has 2 N–H and O–H groups in total. The number of carbonyl (C=O) groups excluding carboxylic acids is 1. The molecule has 5 nitrogen and oxygen atoms in total. The number of para-hydroxylation sites is 1. The molecule has 0 unspecified atom stereocenters. The summed E-state index contributed by atoms with van der Waals surface area (Å²) in [7, 11) is 0. The fourth-order valence-electron chi connectivity index (χ4n) is 2.38. The molecule has 138 valence electrons. The van der Waals surface area contributed by atoms with Crippen LogP contribution in [0.15, 0.2) is 84.9 Å². The zero-order valence-corrected chi connectivity index (χ0v) is 14.7. The molecule has 0 saturated heterocycles. The molecule has 1 atom stereocenters. The van der Waals surface area contributed by atoms with E-state index in [2.05, 4.69) is 5.32 Å². The van der Waals surface area contributed by atoms with E-state index in [9.17, 15) is 9.90 Å². The lowest BCUT2D eigenvalue weighted by Crippen LogP contribution is -2.25. The number of anilines is 1. The maximum Gasteiger partial charge on any atom is 0.255 e. The summed E-state index contributed by atoms with van der Waals surface area (Å²) in [6.07, 6.45) is -0.748. The van der Waals surface area contributed by atoms with Gasteiger partial charge in [0.2, 0.25) is 0 Å². The molecule has 3 aromatic carbocycles. The van der Waals surface area contributed by atoms with Crippen LogP contribution in [-0.2, 0) is 0 Å². The Balaban J connectivity index is 1.44. The van der Waals surface area contributed by atoms with Crippen LogP contribution in [0.1, 0.15) is 10.4 Å². The van der Waals surface area contributed by atoms with Crippen LogP contribution in [0.3, 0.4) is 0 Å². The summed E-state index contributed by atoms with van der Waals surface area (Å²) < 4.78 is 11.0. The topological polar surface area (TPSA) is 67.8 Å². The van der Waals surface area contributed by atoms with Crippen molar-refractivity contribution in [2.45, 2.75) is 6.10 Å². The zero-order valence-electron chi connectivity index (χ0n) is 14.7. The van der Waals surface area contributed by atoms with Gasteiger partial charge in [-0.25, -0.2) is 0 Å². The minimum atomic E-state index is -0.748. The third-order valence-corrected chi connectivity index (χ3v) is 3.78. The van der Waals surface area contributed by atoms with Crippen LogP contribution < -0.4 is 14.8 Å². The van der Waals surface area contributed by atoms with Crippen molar-refractivity contribution in [1.82, 2.24) is 0 Å². The second kappa shape index (κ2) is 9.40. The molecule has 0 aromatic heterocycles. The first-order valence-corrected chi connectivity index (χ1v) is 8.66. The Labute approximate surface area is 158 Å². The smallest absolute Gasteiger partial charge is 0.255 e. The maximum atomic E-state index is 12.1. The van der Waals surface area contributed by atoms with Gasteiger partial charge in [-0.3, -0.25) is 4.79 Å². The van der Waals surface area contributed by atoms with Crippen molar-refractivity contribution in [3.05, 3.63) is 90.5 Å². The number of nitrogens with one attached hydrogen (secondary N) is 1. The Kier molecular flexibility index (Phi) is 6.44. The van der Waals surface area contributed by atoms with Crippen molar-refractivity contribution in [2.75, 3.05) is 18.5 Å². The van der Waals surface area contributed by atoms with Gasteiger partial charge in [0.15, 0.2) is 0 Å². The highest BCUT2D eigenvalue weighted by Gasteiger charge is 2.08. The zero-order chi connectivity index (χ0) is 18.9. The van der Waals surface area contributed by atoms with Gasteiger partial charge in [0.05, 0.1) is 0 Å². The number of aliphatic hydroxyl groups excluding tert-OH is 1. The molecule has 0 aliphatic heterocycles. The standard InChI is InChI=1S/C22H21NO4/c24-19(15-26-20-9-5-2-6-10-20)16-27-21-13-11-18(12-14-21)23-22(25)17-7-3-1-4-8-17/h1-14,19,24H,15-16H2,(H,23,25)/t19-/m1/s1. The first-order chi connectivity index (χ1) is 13.2. The molecule has 0 fully saturated rings. The van der Waals surface area contributed by atoms with E-state index in [1.165, 1.54) is 0 Å². The van der Waals surface area contributed by atoms with E-state index in [-0.39, 0.29) is 19.1 Å². The van der Waals surface area contributed by atoms with Gasteiger partial charge >= 0.3 is 0 Å². The monoisotopic (exact) mass is 363 g/mol. The van der Waals surface area contributed by atoms with Crippen molar-refractivity contribution in [1.29, 1.82) is 0 Å². The number of aliphatic hydroxyl groups is 1. The summed E-state index contributed by atoms with van der Waals surface area (Å²) in [4.78, 5) is 12.1. The highest BCUT2D eigenvalue weighted by molar-refractivity contribution is 6.04. The predicted molar refractivity (Wildman–Crippen MR) is 104 cm³/mol. The molecule has 0 radical (unpaired) electrons. The highest BCUT2D eigenvalue weighted by atomic mass is 16.5. The lowest BCUT2D eigenvalue weighted by Gasteiger charge is -2.14. The van der Waals surface area contributed by atoms with Gasteiger partial charge in [0.1, 0.15) is 30.8 Å². The highest BCUT2D eigenvalue weighted by Crippen LogP contribution is 2.17. The number of carbonyl (C=O) groups is 1. The van der Waals surface area contributed by atoms with Crippen molar-refractivity contribution in [2.24, 2.45) is 0 Å². The minimum Gasteiger partial charge on any atom is -0.491 e. The van der Waals surface area contributed by atoms with E-state index in [0.717, 1.165) is 0 Å². The molecule has 3 aromatic rings. The van der Waals surface area contributed by atoms with E-state index in [1.54, 1.807) is 36.4 Å². The number of rotatable bonds is 8. The molecule has 0 aliphatic rings. The van der Waals surface area contributed by atoms with Crippen molar-refractivity contribution in [3.8, 4) is 11.5 Å². The van der Waals surface area contributed by atoms with Crippen molar-refractivity contribution < 1.29 is 19.4 Å². The van der Waals surface area contributed by atoms with Gasteiger partial charge in [0, 0.05) is 11.3 Å². The van der Waals surface area contributed by atoms with E-state index in [1.807, 2.05) is 48.5 Å². The van der Waals surface area contributed by atoms with Crippen LogP contribution in [0, 0.1) is 0 Å². The summed E-state index contributed by atoms with van der Waals surface area (Å²) >= 11 is 0. The third kappa shape index (κ3) is 5.87. The van der Waals surface area contributed by atoms with E-state index >= 15 is 0 Å². The second-order valence-electron chi connectivity index (χ2n) is 5.93. The van der Waals surface area contributed by atoms with Crippen LogP contribution >= 0.6 is 0 Å². The van der Waals surface area contributed by atoms with Crippen molar-refractivity contribution >= 4 is 11.6 Å². The fourth-order valence-corrected chi connectivity index (χ4v) is 2.38. The van der Waals surface area contributed by atoms with E-state index < -0.39 is 6.10 Å². The summed E-state index contributed by atoms with van der Waals surface area (Å²) in [5, 5.41) is 12.8. The van der Waals surface area contributed by atoms with E-state index in [0.29, 0.717) is 22.7 Å². The Bertz CT molecular complexity index is 835. The Morgan fingerprint density at radius 1 is 0.778 bits per heavy atom. The molecule has 27 heavy (non-hydrogen) atoms. The quantitative estimate of drug-likeness (QED) is 0.639. The van der Waals surface area contributed by atoms with Crippen LogP contribution in [-0.4, -0.2) is 30.3 Å². The number of benzene rings is 3. The molecule has 0 heterocycles. The average Bonchev–Trinajstić information content (AvgIpc) is 2.73. The fraction of sp³-hybridized carbons (Fsp3) is 0.136.